The fourth-order valence-corrected chi connectivity index (χ4v) is 3.34. The zero-order valence-electron chi connectivity index (χ0n) is 15.3. The van der Waals surface area contributed by atoms with Crippen LogP contribution >= 0.6 is 0 Å². The minimum absolute atomic E-state index is 0.0367. The van der Waals surface area contributed by atoms with E-state index in [-0.39, 0.29) is 24.3 Å². The highest BCUT2D eigenvalue weighted by Gasteiger charge is 2.40. The van der Waals surface area contributed by atoms with Crippen LogP contribution in [0.2, 0.25) is 0 Å². The second kappa shape index (κ2) is 7.04. The predicted molar refractivity (Wildman–Crippen MR) is 91.5 cm³/mol. The lowest BCUT2D eigenvalue weighted by atomic mass is 10.3. The molecule has 0 radical (unpaired) electrons. The third-order valence-corrected chi connectivity index (χ3v) is 4.96. The minimum Gasteiger partial charge on any atom is -0.352 e. The Morgan fingerprint density at radius 2 is 2.00 bits per heavy atom. The number of likely N-dealkylation sites (tertiary alicyclic amines) is 1. The van der Waals surface area contributed by atoms with Crippen molar-refractivity contribution in [1.82, 2.24) is 35.0 Å². The second-order valence-electron chi connectivity index (χ2n) is 7.19. The van der Waals surface area contributed by atoms with Gasteiger partial charge in [0, 0.05) is 19.2 Å². The molecule has 4 rings (SSSR count). The zero-order valence-corrected chi connectivity index (χ0v) is 15.3. The van der Waals surface area contributed by atoms with E-state index in [9.17, 15) is 22.8 Å². The molecule has 1 saturated carbocycles. The summed E-state index contributed by atoms with van der Waals surface area (Å²) in [5.74, 6) is -0.474. The topological polar surface area (TPSA) is 124 Å². The van der Waals surface area contributed by atoms with Crippen LogP contribution in [0.3, 0.4) is 0 Å². The van der Waals surface area contributed by atoms with Gasteiger partial charge in [-0.2, -0.15) is 18.3 Å². The number of nitrogens with two attached hydrogens (primary N) is 1. The Bertz CT molecular complexity index is 933. The first-order valence-electron chi connectivity index (χ1n) is 9.12. The summed E-state index contributed by atoms with van der Waals surface area (Å²) in [5, 5.41) is 14.0. The summed E-state index contributed by atoms with van der Waals surface area (Å²) < 4.78 is 42.0. The van der Waals surface area contributed by atoms with Crippen molar-refractivity contribution in [1.29, 1.82) is 0 Å². The smallest absolute Gasteiger partial charge is 0.352 e. The number of aromatic nitrogens is 5. The Hall–Kier alpha value is -3.12. The SMILES string of the molecule is NC(=O)NCc1cn([C@H]2CCN(C(=O)c3cc(C(F)(F)F)nn3C3CC3)C2)nn1. The average molecular weight is 412 g/mol. The number of urea groups is 1. The highest BCUT2D eigenvalue weighted by molar-refractivity contribution is 5.93. The molecule has 0 bridgehead atoms. The minimum atomic E-state index is -4.60. The fraction of sp³-hybridized carbons (Fsp3) is 0.562. The van der Waals surface area contributed by atoms with Gasteiger partial charge in [0.2, 0.25) is 0 Å². The Morgan fingerprint density at radius 1 is 1.24 bits per heavy atom. The molecular formula is C16H19F3N8O2. The first-order valence-corrected chi connectivity index (χ1v) is 9.12. The van der Waals surface area contributed by atoms with Gasteiger partial charge in [0.25, 0.3) is 5.91 Å². The van der Waals surface area contributed by atoms with Crippen molar-refractivity contribution in [2.45, 2.75) is 44.1 Å². The Kier molecular flexibility index (Phi) is 4.67. The van der Waals surface area contributed by atoms with Gasteiger partial charge in [-0.3, -0.25) is 9.48 Å². The Labute approximate surface area is 162 Å². The number of nitrogens with zero attached hydrogens (tertiary/aromatic N) is 6. The summed E-state index contributed by atoms with van der Waals surface area (Å²) in [6.45, 7) is 0.809. The molecule has 2 aromatic rings. The molecule has 0 aromatic carbocycles. The van der Waals surface area contributed by atoms with Crippen LogP contribution in [0, 0.1) is 0 Å². The molecule has 13 heteroatoms. The Morgan fingerprint density at radius 3 is 2.66 bits per heavy atom. The highest BCUT2D eigenvalue weighted by atomic mass is 19.4. The molecule has 1 atom stereocenters. The van der Waals surface area contributed by atoms with E-state index in [0.717, 1.165) is 6.07 Å². The normalized spacial score (nSPS) is 19.6. The summed E-state index contributed by atoms with van der Waals surface area (Å²) in [7, 11) is 0. The van der Waals surface area contributed by atoms with E-state index in [4.69, 9.17) is 5.73 Å². The van der Waals surface area contributed by atoms with Crippen LogP contribution < -0.4 is 11.1 Å². The van der Waals surface area contributed by atoms with Gasteiger partial charge in [0.05, 0.1) is 24.8 Å². The summed E-state index contributed by atoms with van der Waals surface area (Å²) >= 11 is 0. The fourth-order valence-electron chi connectivity index (χ4n) is 3.34. The van der Waals surface area contributed by atoms with Gasteiger partial charge in [-0.1, -0.05) is 5.21 Å². The third kappa shape index (κ3) is 4.03. The van der Waals surface area contributed by atoms with E-state index in [1.54, 1.807) is 10.9 Å². The molecule has 1 saturated heterocycles. The van der Waals surface area contributed by atoms with Crippen LogP contribution in [0.1, 0.15) is 53.2 Å². The lowest BCUT2D eigenvalue weighted by molar-refractivity contribution is -0.141. The maximum Gasteiger partial charge on any atom is 0.435 e. The number of hydrogen-bond donors (Lipinski definition) is 2. The summed E-state index contributed by atoms with van der Waals surface area (Å²) in [5.41, 5.74) is 4.44. The maximum atomic E-state index is 13.1. The Balaban J connectivity index is 1.46. The van der Waals surface area contributed by atoms with Gasteiger partial charge in [0.1, 0.15) is 11.4 Å². The van der Waals surface area contributed by atoms with Crippen molar-refractivity contribution >= 4 is 11.9 Å². The van der Waals surface area contributed by atoms with E-state index >= 15 is 0 Å². The summed E-state index contributed by atoms with van der Waals surface area (Å²) in [6.07, 6.45) is -0.947. The van der Waals surface area contributed by atoms with Gasteiger partial charge in [-0.15, -0.1) is 5.10 Å². The molecule has 29 heavy (non-hydrogen) atoms. The number of carbonyl (C=O) groups is 2. The number of nitrogens with one attached hydrogen (secondary N) is 1. The van der Waals surface area contributed by atoms with E-state index in [1.807, 2.05) is 0 Å². The molecule has 3 amide bonds. The van der Waals surface area contributed by atoms with Gasteiger partial charge in [-0.05, 0) is 19.3 Å². The van der Waals surface area contributed by atoms with E-state index in [2.05, 4.69) is 20.7 Å². The molecule has 0 spiro atoms. The number of alkyl halides is 3. The molecule has 156 valence electrons. The van der Waals surface area contributed by atoms with Crippen LogP contribution in [0.4, 0.5) is 18.0 Å². The van der Waals surface area contributed by atoms with E-state index < -0.39 is 23.8 Å². The van der Waals surface area contributed by atoms with Crippen molar-refractivity contribution in [3.05, 3.63) is 29.3 Å². The van der Waals surface area contributed by atoms with Crippen LogP contribution in [-0.4, -0.2) is 54.7 Å². The third-order valence-electron chi connectivity index (χ3n) is 4.96. The van der Waals surface area contributed by atoms with Crippen molar-refractivity contribution in [3.63, 3.8) is 0 Å². The lowest BCUT2D eigenvalue weighted by Gasteiger charge is -2.17. The number of rotatable bonds is 5. The number of halogens is 3. The van der Waals surface area contributed by atoms with E-state index in [1.165, 1.54) is 9.58 Å². The standard InChI is InChI=1S/C16H19F3N8O2/c17-16(18,19)13-5-12(27(23-13)10-1-2-10)14(28)25-4-3-11(8-25)26-7-9(22-24-26)6-21-15(20)29/h5,7,10-11H,1-4,6,8H2,(H3,20,21,29)/t11-/m0/s1. The monoisotopic (exact) mass is 412 g/mol. The summed E-state index contributed by atoms with van der Waals surface area (Å²) in [6, 6.07) is -0.160. The van der Waals surface area contributed by atoms with Crippen LogP contribution in [0.15, 0.2) is 12.3 Å². The van der Waals surface area contributed by atoms with Crippen molar-refractivity contribution in [3.8, 4) is 0 Å². The molecule has 3 heterocycles. The van der Waals surface area contributed by atoms with Gasteiger partial charge >= 0.3 is 12.2 Å². The van der Waals surface area contributed by atoms with Crippen LogP contribution in [0.25, 0.3) is 0 Å². The highest BCUT2D eigenvalue weighted by Crippen LogP contribution is 2.38. The molecule has 1 aliphatic carbocycles. The number of amides is 3. The van der Waals surface area contributed by atoms with Crippen LogP contribution in [0.5, 0.6) is 0 Å². The van der Waals surface area contributed by atoms with Crippen molar-refractivity contribution < 1.29 is 22.8 Å². The number of primary amides is 1. The molecule has 3 N–H and O–H groups in total. The molecule has 2 aromatic heterocycles. The van der Waals surface area contributed by atoms with Gasteiger partial charge in [-0.25, -0.2) is 9.48 Å². The number of carbonyl (C=O) groups excluding carboxylic acids is 2. The number of hydrogen-bond acceptors (Lipinski definition) is 5. The summed E-state index contributed by atoms with van der Waals surface area (Å²) in [4.78, 5) is 25.2. The van der Waals surface area contributed by atoms with Gasteiger partial charge in [0.15, 0.2) is 5.69 Å². The zero-order chi connectivity index (χ0) is 20.8. The van der Waals surface area contributed by atoms with E-state index in [0.29, 0.717) is 38.0 Å². The largest absolute Gasteiger partial charge is 0.435 e. The second-order valence-corrected chi connectivity index (χ2v) is 7.19. The van der Waals surface area contributed by atoms with Crippen molar-refractivity contribution in [2.24, 2.45) is 5.73 Å². The average Bonchev–Trinajstić information content (AvgIpc) is 3.09. The predicted octanol–water partition coefficient (Wildman–Crippen LogP) is 1.08. The molecule has 2 aliphatic rings. The molecule has 2 fully saturated rings. The first-order chi connectivity index (χ1) is 13.7. The molecule has 0 unspecified atom stereocenters. The van der Waals surface area contributed by atoms with Gasteiger partial charge < -0.3 is 16.0 Å². The lowest BCUT2D eigenvalue weighted by Crippen LogP contribution is -2.31. The quantitative estimate of drug-likeness (QED) is 0.761. The molecule has 1 aliphatic heterocycles. The maximum absolute atomic E-state index is 13.1. The molecule has 10 nitrogen and oxygen atoms in total. The molecular weight excluding hydrogens is 393 g/mol. The van der Waals surface area contributed by atoms with Crippen molar-refractivity contribution in [2.75, 3.05) is 13.1 Å². The van der Waals surface area contributed by atoms with Crippen LogP contribution in [-0.2, 0) is 12.7 Å². The first kappa shape index (κ1) is 19.2.